The maximum Gasteiger partial charge on any atom is 0.240 e. The molecule has 0 unspecified atom stereocenters. The minimum absolute atomic E-state index is 0.207. The van der Waals surface area contributed by atoms with Gasteiger partial charge in [-0.25, -0.2) is 0 Å². The third kappa shape index (κ3) is 4.84. The maximum atomic E-state index is 12.1. The minimum atomic E-state index is -0.702. The Labute approximate surface area is 143 Å². The van der Waals surface area contributed by atoms with E-state index in [0.29, 0.717) is 6.42 Å². The van der Waals surface area contributed by atoms with E-state index in [1.807, 2.05) is 54.6 Å². The first kappa shape index (κ1) is 16.5. The smallest absolute Gasteiger partial charge is 0.240 e. The molecule has 0 radical (unpaired) electrons. The lowest BCUT2D eigenvalue weighted by atomic mass is 10.0. The highest BCUT2D eigenvalue weighted by Gasteiger charge is 2.19. The number of hydrogen-bond donors (Lipinski definition) is 2. The zero-order chi connectivity index (χ0) is 15.9. The second-order valence-corrected chi connectivity index (χ2v) is 6.14. The van der Waals surface area contributed by atoms with Gasteiger partial charge in [-0.15, -0.1) is 0 Å². The summed E-state index contributed by atoms with van der Waals surface area (Å²) in [6, 6.07) is 16.4. The van der Waals surface area contributed by atoms with Crippen molar-refractivity contribution in [2.24, 2.45) is 5.73 Å². The number of carbonyl (C=O) groups is 2. The summed E-state index contributed by atoms with van der Waals surface area (Å²) in [4.78, 5) is 23.7. The minimum Gasteiger partial charge on any atom is -0.368 e. The first-order valence-electron chi connectivity index (χ1n) is 6.92. The molecule has 4 nitrogen and oxygen atoms in total. The third-order valence-electron chi connectivity index (χ3n) is 3.27. The van der Waals surface area contributed by atoms with Gasteiger partial charge in [-0.05, 0) is 39.8 Å². The van der Waals surface area contributed by atoms with Crippen LogP contribution in [0.4, 0.5) is 0 Å². The molecule has 0 aromatic heterocycles. The molecule has 114 valence electrons. The molecule has 0 heterocycles. The molecule has 0 aliphatic carbocycles. The lowest BCUT2D eigenvalue weighted by molar-refractivity contribution is -0.127. The molecule has 0 aliphatic heterocycles. The number of primary amides is 1. The average Bonchev–Trinajstić information content (AvgIpc) is 2.49. The van der Waals surface area contributed by atoms with E-state index in [9.17, 15) is 9.59 Å². The molecular weight excluding hydrogens is 391 g/mol. The molecule has 2 amide bonds. The van der Waals surface area contributed by atoms with Gasteiger partial charge in [0.2, 0.25) is 11.8 Å². The van der Waals surface area contributed by atoms with Crippen LogP contribution in [-0.2, 0) is 22.4 Å². The van der Waals surface area contributed by atoms with Gasteiger partial charge in [0.15, 0.2) is 0 Å². The number of hydrogen-bond acceptors (Lipinski definition) is 2. The fraction of sp³-hybridized carbons (Fsp3) is 0.176. The summed E-state index contributed by atoms with van der Waals surface area (Å²) < 4.78 is 1.05. The number of halogens is 1. The quantitative estimate of drug-likeness (QED) is 0.719. The Hall–Kier alpha value is -1.89. The Morgan fingerprint density at radius 1 is 1.05 bits per heavy atom. The molecule has 3 N–H and O–H groups in total. The number of benzene rings is 2. The van der Waals surface area contributed by atoms with E-state index in [0.717, 1.165) is 14.7 Å². The zero-order valence-corrected chi connectivity index (χ0v) is 14.1. The summed E-state index contributed by atoms with van der Waals surface area (Å²) in [5.74, 6) is -0.734. The van der Waals surface area contributed by atoms with Crippen LogP contribution < -0.4 is 11.1 Å². The Kier molecular flexibility index (Phi) is 5.94. The summed E-state index contributed by atoms with van der Waals surface area (Å²) in [6.45, 7) is 0. The summed E-state index contributed by atoms with van der Waals surface area (Å²) >= 11 is 2.20. The van der Waals surface area contributed by atoms with Crippen molar-refractivity contribution in [1.82, 2.24) is 5.32 Å². The van der Waals surface area contributed by atoms with Crippen molar-refractivity contribution in [3.63, 3.8) is 0 Å². The molecular formula is C17H17IN2O2. The molecule has 2 aromatic rings. The third-order valence-corrected chi connectivity index (χ3v) is 4.32. The SMILES string of the molecule is NC(=O)[C@H](Cc1ccccc1I)NC(=O)Cc1ccccc1. The second kappa shape index (κ2) is 7.93. The van der Waals surface area contributed by atoms with Crippen molar-refractivity contribution in [1.29, 1.82) is 0 Å². The monoisotopic (exact) mass is 408 g/mol. The number of rotatable bonds is 6. The normalized spacial score (nSPS) is 11.7. The van der Waals surface area contributed by atoms with E-state index < -0.39 is 11.9 Å². The molecule has 1 atom stereocenters. The molecule has 0 aliphatic rings. The van der Waals surface area contributed by atoms with Gasteiger partial charge in [0.1, 0.15) is 6.04 Å². The standard InChI is InChI=1S/C17H17IN2O2/c18-14-9-5-4-8-13(14)11-15(17(19)22)20-16(21)10-12-6-2-1-3-7-12/h1-9,15H,10-11H2,(H2,19,22)(H,20,21)/t15-/m0/s1. The van der Waals surface area contributed by atoms with Crippen LogP contribution in [0.5, 0.6) is 0 Å². The molecule has 0 spiro atoms. The molecule has 5 heteroatoms. The van der Waals surface area contributed by atoms with Crippen LogP contribution in [0.25, 0.3) is 0 Å². The van der Waals surface area contributed by atoms with Gasteiger partial charge < -0.3 is 11.1 Å². The summed E-state index contributed by atoms with van der Waals surface area (Å²) in [7, 11) is 0. The van der Waals surface area contributed by atoms with E-state index in [4.69, 9.17) is 5.73 Å². The van der Waals surface area contributed by atoms with Gasteiger partial charge in [-0.1, -0.05) is 48.5 Å². The first-order valence-corrected chi connectivity index (χ1v) is 8.00. The highest BCUT2D eigenvalue weighted by Crippen LogP contribution is 2.13. The van der Waals surface area contributed by atoms with Crippen LogP contribution >= 0.6 is 22.6 Å². The molecule has 0 fully saturated rings. The van der Waals surface area contributed by atoms with E-state index >= 15 is 0 Å². The molecule has 2 rings (SSSR count). The summed E-state index contributed by atoms with van der Waals surface area (Å²) in [5, 5.41) is 2.72. The highest BCUT2D eigenvalue weighted by molar-refractivity contribution is 14.1. The van der Waals surface area contributed by atoms with Gasteiger partial charge in [0, 0.05) is 9.99 Å². The molecule has 0 saturated heterocycles. The van der Waals surface area contributed by atoms with Gasteiger partial charge in [-0.2, -0.15) is 0 Å². The second-order valence-electron chi connectivity index (χ2n) is 4.98. The van der Waals surface area contributed by atoms with Gasteiger partial charge in [0.05, 0.1) is 6.42 Å². The van der Waals surface area contributed by atoms with Crippen LogP contribution in [0.3, 0.4) is 0 Å². The predicted molar refractivity (Wildman–Crippen MR) is 94.1 cm³/mol. The zero-order valence-electron chi connectivity index (χ0n) is 12.0. The van der Waals surface area contributed by atoms with Gasteiger partial charge in [-0.3, -0.25) is 9.59 Å². The first-order chi connectivity index (χ1) is 10.6. The highest BCUT2D eigenvalue weighted by atomic mass is 127. The summed E-state index contributed by atoms with van der Waals surface area (Å²) in [5.41, 5.74) is 7.31. The van der Waals surface area contributed by atoms with Crippen LogP contribution in [-0.4, -0.2) is 17.9 Å². The van der Waals surface area contributed by atoms with Gasteiger partial charge >= 0.3 is 0 Å². The largest absolute Gasteiger partial charge is 0.368 e. The van der Waals surface area contributed by atoms with Crippen molar-refractivity contribution in [3.8, 4) is 0 Å². The predicted octanol–water partition coefficient (Wildman–Crippen LogP) is 2.05. The maximum absolute atomic E-state index is 12.1. The van der Waals surface area contributed by atoms with Crippen molar-refractivity contribution in [3.05, 3.63) is 69.3 Å². The van der Waals surface area contributed by atoms with E-state index in [1.54, 1.807) is 0 Å². The van der Waals surface area contributed by atoms with Crippen LogP contribution in [0.2, 0.25) is 0 Å². The average molecular weight is 408 g/mol. The molecule has 0 bridgehead atoms. The Morgan fingerprint density at radius 3 is 2.32 bits per heavy atom. The topological polar surface area (TPSA) is 72.2 Å². The number of amides is 2. The van der Waals surface area contributed by atoms with Crippen molar-refractivity contribution >= 4 is 34.4 Å². The van der Waals surface area contributed by atoms with Crippen molar-refractivity contribution < 1.29 is 9.59 Å². The van der Waals surface area contributed by atoms with Gasteiger partial charge in [0.25, 0.3) is 0 Å². The van der Waals surface area contributed by atoms with E-state index in [2.05, 4.69) is 27.9 Å². The Bertz CT molecular complexity index is 659. The van der Waals surface area contributed by atoms with Crippen molar-refractivity contribution in [2.75, 3.05) is 0 Å². The lowest BCUT2D eigenvalue weighted by Gasteiger charge is -2.16. The number of carbonyl (C=O) groups excluding carboxylic acids is 2. The van der Waals surface area contributed by atoms with Crippen LogP contribution in [0, 0.1) is 3.57 Å². The Morgan fingerprint density at radius 2 is 1.68 bits per heavy atom. The van der Waals surface area contributed by atoms with E-state index in [-0.39, 0.29) is 12.3 Å². The fourth-order valence-corrected chi connectivity index (χ4v) is 2.74. The summed E-state index contributed by atoms with van der Waals surface area (Å²) in [6.07, 6.45) is 0.630. The van der Waals surface area contributed by atoms with Crippen LogP contribution in [0.15, 0.2) is 54.6 Å². The van der Waals surface area contributed by atoms with Crippen LogP contribution in [0.1, 0.15) is 11.1 Å². The molecule has 2 aromatic carbocycles. The Balaban J connectivity index is 2.01. The van der Waals surface area contributed by atoms with E-state index in [1.165, 1.54) is 0 Å². The fourth-order valence-electron chi connectivity index (χ4n) is 2.13. The molecule has 0 saturated carbocycles. The number of nitrogens with one attached hydrogen (secondary N) is 1. The lowest BCUT2D eigenvalue weighted by Crippen LogP contribution is -2.46. The molecule has 22 heavy (non-hydrogen) atoms. The van der Waals surface area contributed by atoms with Crippen molar-refractivity contribution in [2.45, 2.75) is 18.9 Å². The number of nitrogens with two attached hydrogens (primary N) is 1.